The third-order valence-electron chi connectivity index (χ3n) is 3.67. The normalized spacial score (nSPS) is 20.1. The van der Waals surface area contributed by atoms with Crippen LogP contribution in [0.4, 0.5) is 0 Å². The van der Waals surface area contributed by atoms with E-state index < -0.39 is 0 Å². The van der Waals surface area contributed by atoms with E-state index >= 15 is 0 Å². The Hall–Kier alpha value is -0.650. The predicted octanol–water partition coefficient (Wildman–Crippen LogP) is -0.277. The van der Waals surface area contributed by atoms with Gasteiger partial charge >= 0.3 is 0 Å². The summed E-state index contributed by atoms with van der Waals surface area (Å²) in [5.74, 6) is 0.624. The number of piperazine rings is 1. The van der Waals surface area contributed by atoms with E-state index in [1.807, 2.05) is 0 Å². The molecular weight excluding hydrogens is 228 g/mol. The van der Waals surface area contributed by atoms with E-state index in [2.05, 4.69) is 35.9 Å². The van der Waals surface area contributed by atoms with Gasteiger partial charge in [-0.1, -0.05) is 13.8 Å². The molecule has 0 aromatic rings. The second-order valence-electron chi connectivity index (χ2n) is 5.51. The van der Waals surface area contributed by atoms with Crippen molar-refractivity contribution < 1.29 is 4.79 Å². The zero-order valence-electron chi connectivity index (χ0n) is 12.0. The average molecular weight is 256 g/mol. The smallest absolute Gasteiger partial charge is 0.234 e. The zero-order valence-corrected chi connectivity index (χ0v) is 12.0. The molecule has 0 spiro atoms. The van der Waals surface area contributed by atoms with Gasteiger partial charge in [0.15, 0.2) is 0 Å². The molecular formula is C13H28N4O. The molecule has 1 rings (SSSR count). The van der Waals surface area contributed by atoms with Gasteiger partial charge in [0.05, 0.1) is 6.54 Å². The first-order valence-electron chi connectivity index (χ1n) is 6.97. The predicted molar refractivity (Wildman–Crippen MR) is 74.4 cm³/mol. The largest absolute Gasteiger partial charge is 0.352 e. The molecule has 106 valence electrons. The number of nitrogens with one attached hydrogen (secondary N) is 1. The lowest BCUT2D eigenvalue weighted by Gasteiger charge is -2.34. The Labute approximate surface area is 111 Å². The fourth-order valence-corrected chi connectivity index (χ4v) is 2.02. The fourth-order valence-electron chi connectivity index (χ4n) is 2.02. The van der Waals surface area contributed by atoms with Crippen molar-refractivity contribution in [2.75, 3.05) is 45.8 Å². The van der Waals surface area contributed by atoms with Gasteiger partial charge < -0.3 is 11.1 Å². The van der Waals surface area contributed by atoms with Gasteiger partial charge in [0.1, 0.15) is 0 Å². The number of nitrogens with two attached hydrogens (primary N) is 1. The van der Waals surface area contributed by atoms with Crippen LogP contribution in [0.3, 0.4) is 0 Å². The minimum absolute atomic E-state index is 0.142. The summed E-state index contributed by atoms with van der Waals surface area (Å²) >= 11 is 0. The third kappa shape index (κ3) is 5.33. The molecule has 1 aliphatic rings. The first kappa shape index (κ1) is 15.4. The van der Waals surface area contributed by atoms with E-state index in [1.165, 1.54) is 0 Å². The van der Waals surface area contributed by atoms with Crippen LogP contribution >= 0.6 is 0 Å². The van der Waals surface area contributed by atoms with Crippen LogP contribution in [0.1, 0.15) is 20.8 Å². The topological polar surface area (TPSA) is 61.6 Å². The van der Waals surface area contributed by atoms with E-state index in [-0.39, 0.29) is 11.9 Å². The van der Waals surface area contributed by atoms with Crippen LogP contribution in [-0.4, -0.2) is 67.6 Å². The van der Waals surface area contributed by atoms with Crippen LogP contribution in [-0.2, 0) is 4.79 Å². The summed E-state index contributed by atoms with van der Waals surface area (Å²) in [5.41, 5.74) is 5.54. The van der Waals surface area contributed by atoms with Crippen molar-refractivity contribution in [1.82, 2.24) is 15.1 Å². The fraction of sp³-hybridized carbons (Fsp3) is 0.923. The van der Waals surface area contributed by atoms with Crippen molar-refractivity contribution in [3.05, 3.63) is 0 Å². The Morgan fingerprint density at radius 1 is 1.17 bits per heavy atom. The van der Waals surface area contributed by atoms with Crippen molar-refractivity contribution in [2.45, 2.75) is 26.8 Å². The van der Waals surface area contributed by atoms with Gasteiger partial charge in [0.2, 0.25) is 5.91 Å². The summed E-state index contributed by atoms with van der Waals surface area (Å²) < 4.78 is 0. The van der Waals surface area contributed by atoms with E-state index in [4.69, 9.17) is 5.73 Å². The highest BCUT2D eigenvalue weighted by molar-refractivity contribution is 5.78. The van der Waals surface area contributed by atoms with Crippen molar-refractivity contribution in [2.24, 2.45) is 11.7 Å². The highest BCUT2D eigenvalue weighted by Crippen LogP contribution is 2.02. The van der Waals surface area contributed by atoms with Crippen molar-refractivity contribution >= 4 is 5.91 Å². The van der Waals surface area contributed by atoms with Gasteiger partial charge in [0, 0.05) is 45.3 Å². The number of carbonyl (C=O) groups is 1. The van der Waals surface area contributed by atoms with Gasteiger partial charge in [-0.3, -0.25) is 14.6 Å². The maximum atomic E-state index is 11.8. The molecule has 1 saturated heterocycles. The summed E-state index contributed by atoms with van der Waals surface area (Å²) in [6.45, 7) is 12.5. The molecule has 1 aliphatic heterocycles. The summed E-state index contributed by atoms with van der Waals surface area (Å²) in [6, 6.07) is 0.246. The van der Waals surface area contributed by atoms with Crippen LogP contribution in [0.5, 0.6) is 0 Å². The molecule has 1 unspecified atom stereocenters. The minimum atomic E-state index is 0.142. The monoisotopic (exact) mass is 256 g/mol. The molecule has 0 saturated carbocycles. The van der Waals surface area contributed by atoms with Crippen molar-refractivity contribution in [3.8, 4) is 0 Å². The summed E-state index contributed by atoms with van der Waals surface area (Å²) in [7, 11) is 0. The molecule has 0 bridgehead atoms. The molecule has 18 heavy (non-hydrogen) atoms. The molecule has 1 amide bonds. The van der Waals surface area contributed by atoms with Gasteiger partial charge in [-0.2, -0.15) is 0 Å². The summed E-state index contributed by atoms with van der Waals surface area (Å²) in [4.78, 5) is 16.4. The Kier molecular flexibility index (Phi) is 6.60. The van der Waals surface area contributed by atoms with Gasteiger partial charge in [-0.05, 0) is 12.8 Å². The molecule has 0 aliphatic carbocycles. The number of hydrogen-bond acceptors (Lipinski definition) is 4. The van der Waals surface area contributed by atoms with Gasteiger partial charge in [0.25, 0.3) is 0 Å². The van der Waals surface area contributed by atoms with Gasteiger partial charge in [-0.15, -0.1) is 0 Å². The van der Waals surface area contributed by atoms with E-state index in [0.717, 1.165) is 32.7 Å². The maximum Gasteiger partial charge on any atom is 0.234 e. The first-order valence-corrected chi connectivity index (χ1v) is 6.97. The van der Waals surface area contributed by atoms with Gasteiger partial charge in [-0.25, -0.2) is 0 Å². The molecule has 5 nitrogen and oxygen atoms in total. The SMILES string of the molecule is CC(C)C(C)NC(=O)CN1CCN(CCN)CC1. The number of amides is 1. The molecule has 1 atom stereocenters. The average Bonchev–Trinajstić information content (AvgIpc) is 2.31. The molecule has 1 heterocycles. The molecule has 0 radical (unpaired) electrons. The van der Waals surface area contributed by atoms with E-state index in [1.54, 1.807) is 0 Å². The Bertz CT molecular complexity index is 249. The van der Waals surface area contributed by atoms with Crippen molar-refractivity contribution in [3.63, 3.8) is 0 Å². The van der Waals surface area contributed by atoms with E-state index in [0.29, 0.717) is 19.0 Å². The second kappa shape index (κ2) is 7.71. The Morgan fingerprint density at radius 3 is 2.22 bits per heavy atom. The maximum absolute atomic E-state index is 11.8. The molecule has 1 fully saturated rings. The molecule has 3 N–H and O–H groups in total. The lowest BCUT2D eigenvalue weighted by molar-refractivity contribution is -0.123. The molecule has 0 aromatic carbocycles. The number of rotatable bonds is 6. The van der Waals surface area contributed by atoms with E-state index in [9.17, 15) is 4.79 Å². The van der Waals surface area contributed by atoms with Crippen LogP contribution in [0.15, 0.2) is 0 Å². The standard InChI is InChI=1S/C13H28N4O/c1-11(2)12(3)15-13(18)10-17-8-6-16(5-4-14)7-9-17/h11-12H,4-10,14H2,1-3H3,(H,15,18). The first-order chi connectivity index (χ1) is 8.52. The Balaban J connectivity index is 2.22. The second-order valence-corrected chi connectivity index (χ2v) is 5.51. The highest BCUT2D eigenvalue weighted by Gasteiger charge is 2.19. The van der Waals surface area contributed by atoms with Crippen LogP contribution < -0.4 is 11.1 Å². The number of hydrogen-bond donors (Lipinski definition) is 2. The third-order valence-corrected chi connectivity index (χ3v) is 3.67. The zero-order chi connectivity index (χ0) is 13.5. The van der Waals surface area contributed by atoms with Crippen LogP contribution in [0, 0.1) is 5.92 Å². The van der Waals surface area contributed by atoms with Crippen LogP contribution in [0.25, 0.3) is 0 Å². The molecule has 0 aromatic heterocycles. The molecule has 5 heteroatoms. The quantitative estimate of drug-likeness (QED) is 0.686. The highest BCUT2D eigenvalue weighted by atomic mass is 16.2. The lowest BCUT2D eigenvalue weighted by atomic mass is 10.1. The minimum Gasteiger partial charge on any atom is -0.352 e. The number of nitrogens with zero attached hydrogens (tertiary/aromatic N) is 2. The summed E-state index contributed by atoms with van der Waals surface area (Å²) in [5, 5.41) is 3.05. The van der Waals surface area contributed by atoms with Crippen LogP contribution in [0.2, 0.25) is 0 Å². The van der Waals surface area contributed by atoms with Crippen molar-refractivity contribution in [1.29, 1.82) is 0 Å². The number of carbonyl (C=O) groups excluding carboxylic acids is 1. The summed E-state index contributed by atoms with van der Waals surface area (Å²) in [6.07, 6.45) is 0. The Morgan fingerprint density at radius 2 is 1.72 bits per heavy atom. The lowest BCUT2D eigenvalue weighted by Crippen LogP contribution is -2.51.